The lowest BCUT2D eigenvalue weighted by Crippen LogP contribution is -2.37. The summed E-state index contributed by atoms with van der Waals surface area (Å²) in [7, 11) is 0. The van der Waals surface area contributed by atoms with E-state index in [0.29, 0.717) is 18.9 Å². The van der Waals surface area contributed by atoms with Crippen molar-refractivity contribution in [3.05, 3.63) is 12.0 Å². The van der Waals surface area contributed by atoms with Gasteiger partial charge in [-0.2, -0.15) is 0 Å². The lowest BCUT2D eigenvalue weighted by atomic mass is 10.3. The molecule has 0 saturated carbocycles. The number of Topliss-reactive ketones (excluding diaryl/α,β-unsaturated/α-hetero) is 1. The van der Waals surface area contributed by atoms with Crippen molar-refractivity contribution in [3.63, 3.8) is 0 Å². The minimum atomic E-state index is 0.0805. The molecule has 0 atom stereocenters. The molecule has 0 amide bonds. The van der Waals surface area contributed by atoms with Crippen molar-refractivity contribution in [1.82, 2.24) is 4.90 Å². The van der Waals surface area contributed by atoms with E-state index in [0.717, 1.165) is 13.1 Å². The van der Waals surface area contributed by atoms with Crippen LogP contribution in [0, 0.1) is 0 Å². The lowest BCUT2D eigenvalue weighted by molar-refractivity contribution is -0.118. The molecule has 0 aliphatic carbocycles. The van der Waals surface area contributed by atoms with E-state index in [4.69, 9.17) is 9.47 Å². The summed E-state index contributed by atoms with van der Waals surface area (Å²) in [5, 5.41) is 0. The monoisotopic (exact) mass is 169 g/mol. The van der Waals surface area contributed by atoms with Gasteiger partial charge in [0.15, 0.2) is 6.61 Å². The maximum Gasteiger partial charge on any atom is 0.219 e. The van der Waals surface area contributed by atoms with Crippen LogP contribution in [0.4, 0.5) is 0 Å². The van der Waals surface area contributed by atoms with Crippen molar-refractivity contribution in [2.75, 3.05) is 32.9 Å². The van der Waals surface area contributed by atoms with Gasteiger partial charge in [-0.25, -0.2) is 0 Å². The number of carbonyl (C=O) groups excluding carboxylic acids is 1. The highest BCUT2D eigenvalue weighted by atomic mass is 16.5. The molecule has 0 spiro atoms. The molecule has 2 rings (SSSR count). The molecule has 0 bridgehead atoms. The van der Waals surface area contributed by atoms with E-state index >= 15 is 0 Å². The minimum absolute atomic E-state index is 0.0805. The van der Waals surface area contributed by atoms with Gasteiger partial charge in [-0.1, -0.05) is 0 Å². The second kappa shape index (κ2) is 3.15. The molecule has 0 aromatic rings. The van der Waals surface area contributed by atoms with Gasteiger partial charge < -0.3 is 14.4 Å². The Morgan fingerprint density at radius 3 is 2.67 bits per heavy atom. The third-order valence-corrected chi connectivity index (χ3v) is 2.05. The molecule has 0 N–H and O–H groups in total. The molecule has 2 aliphatic rings. The summed E-state index contributed by atoms with van der Waals surface area (Å²) in [5.74, 6) is 0.0805. The highest BCUT2D eigenvalue weighted by molar-refractivity contribution is 5.97. The number of nitrogens with zero attached hydrogens (tertiary/aromatic N) is 1. The average molecular weight is 169 g/mol. The predicted octanol–water partition coefficient (Wildman–Crippen LogP) is -0.241. The quantitative estimate of drug-likeness (QED) is 0.543. The van der Waals surface area contributed by atoms with E-state index in [1.54, 1.807) is 6.26 Å². The Balaban J connectivity index is 2.02. The van der Waals surface area contributed by atoms with Gasteiger partial charge in [0.05, 0.1) is 13.2 Å². The van der Waals surface area contributed by atoms with E-state index in [1.807, 2.05) is 4.90 Å². The Kier molecular flexibility index (Phi) is 1.99. The Labute approximate surface area is 70.7 Å². The first-order valence-corrected chi connectivity index (χ1v) is 4.05. The Morgan fingerprint density at radius 2 is 2.08 bits per heavy atom. The van der Waals surface area contributed by atoms with Crippen LogP contribution < -0.4 is 0 Å². The number of carbonyl (C=O) groups is 1. The molecule has 1 fully saturated rings. The van der Waals surface area contributed by atoms with Gasteiger partial charge in [-0.15, -0.1) is 0 Å². The van der Waals surface area contributed by atoms with Gasteiger partial charge in [0.2, 0.25) is 5.78 Å². The zero-order valence-corrected chi connectivity index (χ0v) is 6.78. The summed E-state index contributed by atoms with van der Waals surface area (Å²) in [6, 6.07) is 0. The van der Waals surface area contributed by atoms with Gasteiger partial charge in [0.25, 0.3) is 0 Å². The van der Waals surface area contributed by atoms with Crippen LogP contribution in [0.15, 0.2) is 12.0 Å². The first-order valence-electron chi connectivity index (χ1n) is 4.05. The third-order valence-electron chi connectivity index (χ3n) is 2.05. The fourth-order valence-electron chi connectivity index (χ4n) is 1.39. The topological polar surface area (TPSA) is 38.8 Å². The molecule has 0 radical (unpaired) electrons. The molecular formula is C8H11NO3. The lowest BCUT2D eigenvalue weighted by Gasteiger charge is -2.27. The molecule has 2 heterocycles. The number of hydrogen-bond acceptors (Lipinski definition) is 4. The second-order valence-electron chi connectivity index (χ2n) is 2.84. The molecule has 4 nitrogen and oxygen atoms in total. The molecule has 0 unspecified atom stereocenters. The number of ketones is 1. The molecule has 1 saturated heterocycles. The zero-order valence-electron chi connectivity index (χ0n) is 6.78. The summed E-state index contributed by atoms with van der Waals surface area (Å²) in [4.78, 5) is 13.2. The first-order chi connectivity index (χ1) is 5.88. The second-order valence-corrected chi connectivity index (χ2v) is 2.84. The van der Waals surface area contributed by atoms with Crippen LogP contribution in [0.1, 0.15) is 0 Å². The normalized spacial score (nSPS) is 23.8. The van der Waals surface area contributed by atoms with E-state index < -0.39 is 0 Å². The summed E-state index contributed by atoms with van der Waals surface area (Å²) in [6.45, 7) is 3.18. The van der Waals surface area contributed by atoms with Crippen LogP contribution in [-0.2, 0) is 14.3 Å². The summed E-state index contributed by atoms with van der Waals surface area (Å²) in [6.07, 6.45) is 1.55. The van der Waals surface area contributed by atoms with E-state index in [9.17, 15) is 4.79 Å². The fourth-order valence-corrected chi connectivity index (χ4v) is 1.39. The van der Waals surface area contributed by atoms with E-state index in [2.05, 4.69) is 0 Å². The van der Waals surface area contributed by atoms with Crippen molar-refractivity contribution in [3.8, 4) is 0 Å². The van der Waals surface area contributed by atoms with Gasteiger partial charge in [0.1, 0.15) is 12.0 Å². The van der Waals surface area contributed by atoms with Crippen molar-refractivity contribution in [2.45, 2.75) is 0 Å². The highest BCUT2D eigenvalue weighted by Gasteiger charge is 2.23. The standard InChI is InChI=1S/C8H11NO3/c10-8-6-12-5-7(8)9-1-3-11-4-2-9/h5H,1-4,6H2. The maximum absolute atomic E-state index is 11.2. The SMILES string of the molecule is O=C1COC=C1N1CCOCC1. The molecule has 12 heavy (non-hydrogen) atoms. The molecule has 4 heteroatoms. The van der Waals surface area contributed by atoms with Crippen LogP contribution in [0.5, 0.6) is 0 Å². The fraction of sp³-hybridized carbons (Fsp3) is 0.625. The zero-order chi connectivity index (χ0) is 8.39. The van der Waals surface area contributed by atoms with Crippen molar-refractivity contribution in [2.24, 2.45) is 0 Å². The molecular weight excluding hydrogens is 158 g/mol. The predicted molar refractivity (Wildman–Crippen MR) is 41.4 cm³/mol. The van der Waals surface area contributed by atoms with Gasteiger partial charge in [-0.05, 0) is 0 Å². The minimum Gasteiger partial charge on any atom is -0.491 e. The summed E-state index contributed by atoms with van der Waals surface area (Å²) < 4.78 is 10.1. The molecule has 66 valence electrons. The number of ether oxygens (including phenoxy) is 2. The third kappa shape index (κ3) is 1.30. The summed E-state index contributed by atoms with van der Waals surface area (Å²) >= 11 is 0. The largest absolute Gasteiger partial charge is 0.491 e. The van der Waals surface area contributed by atoms with Gasteiger partial charge in [-0.3, -0.25) is 4.79 Å². The summed E-state index contributed by atoms with van der Waals surface area (Å²) in [5.41, 5.74) is 0.707. The molecule has 0 aromatic heterocycles. The smallest absolute Gasteiger partial charge is 0.219 e. The van der Waals surface area contributed by atoms with Crippen LogP contribution in [0.3, 0.4) is 0 Å². The maximum atomic E-state index is 11.2. The van der Waals surface area contributed by atoms with Crippen molar-refractivity contribution < 1.29 is 14.3 Å². The average Bonchev–Trinajstić information content (AvgIpc) is 2.53. The van der Waals surface area contributed by atoms with Crippen LogP contribution >= 0.6 is 0 Å². The number of morpholine rings is 1. The van der Waals surface area contributed by atoms with Crippen LogP contribution in [-0.4, -0.2) is 43.6 Å². The van der Waals surface area contributed by atoms with Crippen LogP contribution in [0.25, 0.3) is 0 Å². The number of hydrogen-bond donors (Lipinski definition) is 0. The van der Waals surface area contributed by atoms with Gasteiger partial charge in [0, 0.05) is 13.1 Å². The van der Waals surface area contributed by atoms with E-state index in [-0.39, 0.29) is 12.4 Å². The Bertz CT molecular complexity index is 218. The van der Waals surface area contributed by atoms with Crippen molar-refractivity contribution >= 4 is 5.78 Å². The Hall–Kier alpha value is -1.03. The molecule has 0 aromatic carbocycles. The van der Waals surface area contributed by atoms with Crippen molar-refractivity contribution in [1.29, 1.82) is 0 Å². The van der Waals surface area contributed by atoms with Gasteiger partial charge >= 0.3 is 0 Å². The highest BCUT2D eigenvalue weighted by Crippen LogP contribution is 2.13. The van der Waals surface area contributed by atoms with E-state index in [1.165, 1.54) is 0 Å². The molecule has 2 aliphatic heterocycles. The Morgan fingerprint density at radius 1 is 1.33 bits per heavy atom. The number of rotatable bonds is 1. The first kappa shape index (κ1) is 7.61. The van der Waals surface area contributed by atoms with Crippen LogP contribution in [0.2, 0.25) is 0 Å².